The standard InChI is InChI=1S/C13H14N4O3S/c1-8(13-15-6-7-21-13)16-12(18)9-4-3-5-10(17(19)20)11(9)14-2/h3-8,14H,1-2H3,(H,16,18). The molecule has 0 saturated carbocycles. The van der Waals surface area contributed by atoms with Gasteiger partial charge in [-0.2, -0.15) is 0 Å². The Labute approximate surface area is 125 Å². The lowest BCUT2D eigenvalue weighted by molar-refractivity contribution is -0.384. The molecule has 2 aromatic rings. The molecule has 8 heteroatoms. The lowest BCUT2D eigenvalue weighted by Gasteiger charge is -2.13. The van der Waals surface area contributed by atoms with Gasteiger partial charge >= 0.3 is 0 Å². The van der Waals surface area contributed by atoms with Crippen LogP contribution in [0.2, 0.25) is 0 Å². The maximum absolute atomic E-state index is 12.3. The second kappa shape index (κ2) is 6.31. The first-order chi connectivity index (χ1) is 10.0. The summed E-state index contributed by atoms with van der Waals surface area (Å²) < 4.78 is 0. The quantitative estimate of drug-likeness (QED) is 0.653. The Morgan fingerprint density at radius 2 is 2.24 bits per heavy atom. The van der Waals surface area contributed by atoms with E-state index in [4.69, 9.17) is 0 Å². The van der Waals surface area contributed by atoms with E-state index >= 15 is 0 Å². The van der Waals surface area contributed by atoms with Gasteiger partial charge in [-0.05, 0) is 13.0 Å². The molecule has 0 radical (unpaired) electrons. The van der Waals surface area contributed by atoms with Crippen LogP contribution in [0.1, 0.15) is 28.3 Å². The van der Waals surface area contributed by atoms with E-state index in [1.54, 1.807) is 19.3 Å². The Bertz CT molecular complexity index is 657. The predicted molar refractivity (Wildman–Crippen MR) is 80.6 cm³/mol. The highest BCUT2D eigenvalue weighted by Crippen LogP contribution is 2.28. The molecule has 0 fully saturated rings. The van der Waals surface area contributed by atoms with Crippen LogP contribution in [0.5, 0.6) is 0 Å². The fraction of sp³-hybridized carbons (Fsp3) is 0.231. The van der Waals surface area contributed by atoms with Crippen molar-refractivity contribution in [2.24, 2.45) is 0 Å². The van der Waals surface area contributed by atoms with E-state index < -0.39 is 4.92 Å². The number of benzene rings is 1. The molecule has 110 valence electrons. The number of carbonyl (C=O) groups is 1. The van der Waals surface area contributed by atoms with Crippen molar-refractivity contribution in [2.75, 3.05) is 12.4 Å². The van der Waals surface area contributed by atoms with Crippen LogP contribution in [0.15, 0.2) is 29.8 Å². The zero-order valence-electron chi connectivity index (χ0n) is 11.5. The van der Waals surface area contributed by atoms with Gasteiger partial charge in [0.15, 0.2) is 0 Å². The second-order valence-corrected chi connectivity index (χ2v) is 5.20. The van der Waals surface area contributed by atoms with E-state index in [1.165, 1.54) is 23.5 Å². The largest absolute Gasteiger partial charge is 0.382 e. The van der Waals surface area contributed by atoms with Gasteiger partial charge in [0.05, 0.1) is 16.5 Å². The Hall–Kier alpha value is -2.48. The minimum absolute atomic E-state index is 0.132. The zero-order valence-corrected chi connectivity index (χ0v) is 12.3. The summed E-state index contributed by atoms with van der Waals surface area (Å²) in [7, 11) is 1.55. The van der Waals surface area contributed by atoms with Crippen LogP contribution in [0.25, 0.3) is 0 Å². The maximum atomic E-state index is 12.3. The molecule has 2 N–H and O–H groups in total. The third-order valence-corrected chi connectivity index (χ3v) is 3.86. The lowest BCUT2D eigenvalue weighted by atomic mass is 10.1. The Morgan fingerprint density at radius 1 is 1.48 bits per heavy atom. The highest BCUT2D eigenvalue weighted by atomic mass is 32.1. The van der Waals surface area contributed by atoms with Gasteiger partial charge in [-0.15, -0.1) is 11.3 Å². The van der Waals surface area contributed by atoms with E-state index in [-0.39, 0.29) is 28.9 Å². The number of anilines is 1. The number of nitro groups is 1. The van der Waals surface area contributed by atoms with Crippen LogP contribution >= 0.6 is 11.3 Å². The molecule has 0 aliphatic carbocycles. The number of nitrogens with one attached hydrogen (secondary N) is 2. The molecule has 1 aromatic carbocycles. The van der Waals surface area contributed by atoms with Gasteiger partial charge in [-0.25, -0.2) is 4.98 Å². The van der Waals surface area contributed by atoms with Gasteiger partial charge in [-0.3, -0.25) is 14.9 Å². The van der Waals surface area contributed by atoms with Crippen molar-refractivity contribution >= 4 is 28.6 Å². The van der Waals surface area contributed by atoms with Crippen molar-refractivity contribution in [2.45, 2.75) is 13.0 Å². The van der Waals surface area contributed by atoms with Gasteiger partial charge in [0.1, 0.15) is 10.7 Å². The number of para-hydroxylation sites is 1. The lowest BCUT2D eigenvalue weighted by Crippen LogP contribution is -2.27. The molecule has 1 atom stereocenters. The molecular formula is C13H14N4O3S. The molecule has 2 rings (SSSR count). The van der Waals surface area contributed by atoms with Gasteiger partial charge in [-0.1, -0.05) is 6.07 Å². The van der Waals surface area contributed by atoms with Crippen molar-refractivity contribution in [3.05, 3.63) is 50.5 Å². The third kappa shape index (κ3) is 3.16. The van der Waals surface area contributed by atoms with Crippen molar-refractivity contribution in [1.82, 2.24) is 10.3 Å². The molecule has 0 spiro atoms. The first-order valence-corrected chi connectivity index (χ1v) is 7.08. The summed E-state index contributed by atoms with van der Waals surface area (Å²) in [5.74, 6) is -0.384. The number of amides is 1. The highest BCUT2D eigenvalue weighted by Gasteiger charge is 2.22. The van der Waals surface area contributed by atoms with Crippen molar-refractivity contribution < 1.29 is 9.72 Å². The van der Waals surface area contributed by atoms with E-state index in [0.29, 0.717) is 0 Å². The number of nitro benzene ring substituents is 1. The molecule has 1 amide bonds. The SMILES string of the molecule is CNc1c(C(=O)NC(C)c2nccs2)cccc1[N+](=O)[O-]. The Morgan fingerprint density at radius 3 is 2.81 bits per heavy atom. The first kappa shape index (κ1) is 14.9. The van der Waals surface area contributed by atoms with Crippen LogP contribution in [0.4, 0.5) is 11.4 Å². The fourth-order valence-electron chi connectivity index (χ4n) is 1.93. The normalized spacial score (nSPS) is 11.7. The van der Waals surface area contributed by atoms with Gasteiger partial charge in [0.2, 0.25) is 0 Å². The van der Waals surface area contributed by atoms with Crippen molar-refractivity contribution in [3.8, 4) is 0 Å². The summed E-state index contributed by atoms with van der Waals surface area (Å²) in [5.41, 5.74) is 0.300. The van der Waals surface area contributed by atoms with Crippen molar-refractivity contribution in [1.29, 1.82) is 0 Å². The molecule has 0 aliphatic rings. The third-order valence-electron chi connectivity index (χ3n) is 2.90. The minimum Gasteiger partial charge on any atom is -0.382 e. The maximum Gasteiger partial charge on any atom is 0.293 e. The van der Waals surface area contributed by atoms with E-state index in [0.717, 1.165) is 5.01 Å². The predicted octanol–water partition coefficient (Wildman–Crippen LogP) is 2.58. The van der Waals surface area contributed by atoms with Crippen LogP contribution in [-0.4, -0.2) is 22.9 Å². The summed E-state index contributed by atoms with van der Waals surface area (Å²) in [4.78, 5) is 26.9. The Balaban J connectivity index is 2.27. The molecule has 7 nitrogen and oxygen atoms in total. The molecule has 0 bridgehead atoms. The summed E-state index contributed by atoms with van der Waals surface area (Å²) in [6, 6.07) is 4.12. The van der Waals surface area contributed by atoms with Crippen LogP contribution in [0, 0.1) is 10.1 Å². The molecule has 1 unspecified atom stereocenters. The van der Waals surface area contributed by atoms with E-state index in [2.05, 4.69) is 15.6 Å². The summed E-state index contributed by atoms with van der Waals surface area (Å²) in [6.07, 6.45) is 1.66. The molecule has 1 aromatic heterocycles. The average molecular weight is 306 g/mol. The van der Waals surface area contributed by atoms with Crippen LogP contribution < -0.4 is 10.6 Å². The molecule has 0 aliphatic heterocycles. The molecule has 21 heavy (non-hydrogen) atoms. The monoisotopic (exact) mass is 306 g/mol. The molecular weight excluding hydrogens is 292 g/mol. The first-order valence-electron chi connectivity index (χ1n) is 6.20. The number of carbonyl (C=O) groups excluding carboxylic acids is 1. The fourth-order valence-corrected chi connectivity index (χ4v) is 2.57. The summed E-state index contributed by atoms with van der Waals surface area (Å²) in [5, 5.41) is 19.1. The number of nitrogens with zero attached hydrogens (tertiary/aromatic N) is 2. The summed E-state index contributed by atoms with van der Waals surface area (Å²) >= 11 is 1.44. The van der Waals surface area contributed by atoms with Gasteiger partial charge in [0.25, 0.3) is 11.6 Å². The van der Waals surface area contributed by atoms with Crippen LogP contribution in [-0.2, 0) is 0 Å². The van der Waals surface area contributed by atoms with Gasteiger partial charge < -0.3 is 10.6 Å². The van der Waals surface area contributed by atoms with Gasteiger partial charge in [0, 0.05) is 24.7 Å². The van der Waals surface area contributed by atoms with Crippen LogP contribution in [0.3, 0.4) is 0 Å². The number of rotatable bonds is 5. The summed E-state index contributed by atoms with van der Waals surface area (Å²) in [6.45, 7) is 1.81. The highest BCUT2D eigenvalue weighted by molar-refractivity contribution is 7.09. The average Bonchev–Trinajstić information content (AvgIpc) is 3.00. The number of aromatic nitrogens is 1. The van der Waals surface area contributed by atoms with Crippen molar-refractivity contribution in [3.63, 3.8) is 0 Å². The number of hydrogen-bond donors (Lipinski definition) is 2. The molecule has 0 saturated heterocycles. The topological polar surface area (TPSA) is 97.2 Å². The second-order valence-electron chi connectivity index (χ2n) is 4.27. The zero-order chi connectivity index (χ0) is 15.4. The number of thiazole rings is 1. The number of hydrogen-bond acceptors (Lipinski definition) is 6. The minimum atomic E-state index is -0.521. The Kier molecular flexibility index (Phi) is 4.49. The molecule has 1 heterocycles. The van der Waals surface area contributed by atoms with E-state index in [1.807, 2.05) is 12.3 Å². The van der Waals surface area contributed by atoms with E-state index in [9.17, 15) is 14.9 Å². The smallest absolute Gasteiger partial charge is 0.293 e.